The normalized spacial score (nSPS) is 10.7. The Morgan fingerprint density at radius 1 is 1.21 bits per heavy atom. The zero-order chi connectivity index (χ0) is 14.1. The van der Waals surface area contributed by atoms with Gasteiger partial charge in [-0.2, -0.15) is 0 Å². The quantitative estimate of drug-likeness (QED) is 0.672. The second-order valence-corrected chi connectivity index (χ2v) is 4.35. The van der Waals surface area contributed by atoms with Crippen molar-refractivity contribution in [2.24, 2.45) is 0 Å². The fourth-order valence-electron chi connectivity index (χ4n) is 1.83. The van der Waals surface area contributed by atoms with Crippen LogP contribution in [0.2, 0.25) is 0 Å². The van der Waals surface area contributed by atoms with Gasteiger partial charge < -0.3 is 9.47 Å². The largest absolute Gasteiger partial charge is 0.493 e. The van der Waals surface area contributed by atoms with Crippen molar-refractivity contribution in [2.75, 3.05) is 14.2 Å². The SMILES string of the molecule is CCCC(=O)C=CCCc1ccc(OC)c(OC)c1. The predicted molar refractivity (Wildman–Crippen MR) is 76.9 cm³/mol. The lowest BCUT2D eigenvalue weighted by Gasteiger charge is -2.08. The Morgan fingerprint density at radius 2 is 1.95 bits per heavy atom. The van der Waals surface area contributed by atoms with Crippen molar-refractivity contribution in [3.05, 3.63) is 35.9 Å². The number of ether oxygens (including phenoxy) is 2. The molecule has 0 aliphatic rings. The average Bonchev–Trinajstić information content (AvgIpc) is 2.43. The third-order valence-electron chi connectivity index (χ3n) is 2.85. The number of carbonyl (C=O) groups excluding carboxylic acids is 1. The third-order valence-corrected chi connectivity index (χ3v) is 2.85. The highest BCUT2D eigenvalue weighted by molar-refractivity contribution is 5.89. The van der Waals surface area contributed by atoms with E-state index in [9.17, 15) is 4.79 Å². The Labute approximate surface area is 115 Å². The molecule has 0 amide bonds. The van der Waals surface area contributed by atoms with Gasteiger partial charge in [0.05, 0.1) is 14.2 Å². The highest BCUT2D eigenvalue weighted by Crippen LogP contribution is 2.27. The maximum atomic E-state index is 11.3. The molecule has 1 aromatic rings. The maximum Gasteiger partial charge on any atom is 0.160 e. The minimum Gasteiger partial charge on any atom is -0.493 e. The molecule has 0 radical (unpaired) electrons. The molecule has 0 spiro atoms. The van der Waals surface area contributed by atoms with Crippen LogP contribution in [0.15, 0.2) is 30.4 Å². The minimum atomic E-state index is 0.204. The summed E-state index contributed by atoms with van der Waals surface area (Å²) in [5.74, 6) is 1.68. The Kier molecular flexibility index (Phi) is 6.72. The first-order chi connectivity index (χ1) is 9.21. The smallest absolute Gasteiger partial charge is 0.160 e. The van der Waals surface area contributed by atoms with Gasteiger partial charge in [0, 0.05) is 6.42 Å². The van der Waals surface area contributed by atoms with Gasteiger partial charge in [0.15, 0.2) is 17.3 Å². The van der Waals surface area contributed by atoms with Crippen LogP contribution in [0.1, 0.15) is 31.7 Å². The lowest BCUT2D eigenvalue weighted by atomic mass is 10.1. The van der Waals surface area contributed by atoms with E-state index in [1.54, 1.807) is 20.3 Å². The van der Waals surface area contributed by atoms with Gasteiger partial charge in [-0.25, -0.2) is 0 Å². The molecular formula is C16H22O3. The summed E-state index contributed by atoms with van der Waals surface area (Å²) >= 11 is 0. The van der Waals surface area contributed by atoms with Gasteiger partial charge in [0.25, 0.3) is 0 Å². The van der Waals surface area contributed by atoms with Crippen LogP contribution in [0, 0.1) is 0 Å². The number of benzene rings is 1. The first kappa shape index (κ1) is 15.3. The van der Waals surface area contributed by atoms with Crippen molar-refractivity contribution >= 4 is 5.78 Å². The molecule has 104 valence electrons. The molecule has 3 heteroatoms. The van der Waals surface area contributed by atoms with Crippen molar-refractivity contribution in [3.63, 3.8) is 0 Å². The Hall–Kier alpha value is -1.77. The number of allylic oxidation sites excluding steroid dienone is 2. The molecule has 0 atom stereocenters. The number of aryl methyl sites for hydroxylation is 1. The molecule has 0 N–H and O–H groups in total. The monoisotopic (exact) mass is 262 g/mol. The molecule has 0 aliphatic carbocycles. The molecule has 1 aromatic carbocycles. The van der Waals surface area contributed by atoms with E-state index in [0.29, 0.717) is 6.42 Å². The van der Waals surface area contributed by atoms with E-state index in [1.807, 2.05) is 31.2 Å². The van der Waals surface area contributed by atoms with Crippen LogP contribution >= 0.6 is 0 Å². The van der Waals surface area contributed by atoms with Crippen molar-refractivity contribution in [3.8, 4) is 11.5 Å². The summed E-state index contributed by atoms with van der Waals surface area (Å²) < 4.78 is 10.4. The fourth-order valence-corrected chi connectivity index (χ4v) is 1.83. The summed E-state index contributed by atoms with van der Waals surface area (Å²) in [6.45, 7) is 2.01. The van der Waals surface area contributed by atoms with Gasteiger partial charge in [-0.1, -0.05) is 19.1 Å². The van der Waals surface area contributed by atoms with Crippen LogP contribution in [0.4, 0.5) is 0 Å². The van der Waals surface area contributed by atoms with E-state index in [0.717, 1.165) is 30.8 Å². The fraction of sp³-hybridized carbons (Fsp3) is 0.438. The van der Waals surface area contributed by atoms with Crippen LogP contribution in [0.3, 0.4) is 0 Å². The lowest BCUT2D eigenvalue weighted by Crippen LogP contribution is -1.93. The maximum absolute atomic E-state index is 11.3. The van der Waals surface area contributed by atoms with E-state index in [-0.39, 0.29) is 5.78 Å². The van der Waals surface area contributed by atoms with Gasteiger partial charge in [-0.05, 0) is 43.0 Å². The van der Waals surface area contributed by atoms with Crippen LogP contribution in [0.25, 0.3) is 0 Å². The molecule has 0 heterocycles. The van der Waals surface area contributed by atoms with Crippen molar-refractivity contribution in [2.45, 2.75) is 32.6 Å². The van der Waals surface area contributed by atoms with Crippen molar-refractivity contribution in [1.29, 1.82) is 0 Å². The molecular weight excluding hydrogens is 240 g/mol. The van der Waals surface area contributed by atoms with Gasteiger partial charge in [0.1, 0.15) is 0 Å². The van der Waals surface area contributed by atoms with E-state index in [4.69, 9.17) is 9.47 Å². The summed E-state index contributed by atoms with van der Waals surface area (Å²) in [4.78, 5) is 11.3. The summed E-state index contributed by atoms with van der Waals surface area (Å²) in [6, 6.07) is 5.89. The first-order valence-electron chi connectivity index (χ1n) is 6.61. The topological polar surface area (TPSA) is 35.5 Å². The summed E-state index contributed by atoms with van der Waals surface area (Å²) in [5.41, 5.74) is 1.17. The van der Waals surface area contributed by atoms with E-state index in [1.165, 1.54) is 5.56 Å². The summed E-state index contributed by atoms with van der Waals surface area (Å²) in [7, 11) is 3.25. The van der Waals surface area contributed by atoms with Crippen molar-refractivity contribution < 1.29 is 14.3 Å². The van der Waals surface area contributed by atoms with Crippen LogP contribution in [-0.4, -0.2) is 20.0 Å². The Bertz CT molecular complexity index is 436. The zero-order valence-corrected chi connectivity index (χ0v) is 11.9. The Balaban J connectivity index is 2.52. The molecule has 19 heavy (non-hydrogen) atoms. The molecule has 0 unspecified atom stereocenters. The molecule has 0 aromatic heterocycles. The number of carbonyl (C=O) groups is 1. The molecule has 0 bridgehead atoms. The number of rotatable bonds is 8. The van der Waals surface area contributed by atoms with E-state index in [2.05, 4.69) is 0 Å². The van der Waals surface area contributed by atoms with Gasteiger partial charge in [-0.3, -0.25) is 4.79 Å². The molecule has 1 rings (SSSR count). The predicted octanol–water partition coefficient (Wildman–Crippen LogP) is 3.56. The van der Waals surface area contributed by atoms with Crippen LogP contribution in [0.5, 0.6) is 11.5 Å². The number of methoxy groups -OCH3 is 2. The number of hydrogen-bond donors (Lipinski definition) is 0. The second kappa shape index (κ2) is 8.35. The van der Waals surface area contributed by atoms with Gasteiger partial charge in [-0.15, -0.1) is 0 Å². The number of hydrogen-bond acceptors (Lipinski definition) is 3. The molecule has 0 fully saturated rings. The summed E-state index contributed by atoms with van der Waals surface area (Å²) in [6.07, 6.45) is 6.89. The second-order valence-electron chi connectivity index (χ2n) is 4.35. The average molecular weight is 262 g/mol. The first-order valence-corrected chi connectivity index (χ1v) is 6.61. The molecule has 0 saturated heterocycles. The van der Waals surface area contributed by atoms with Gasteiger partial charge >= 0.3 is 0 Å². The van der Waals surface area contributed by atoms with E-state index < -0.39 is 0 Å². The minimum absolute atomic E-state index is 0.204. The molecule has 0 saturated carbocycles. The van der Waals surface area contributed by atoms with Crippen LogP contribution < -0.4 is 9.47 Å². The number of ketones is 1. The standard InChI is InChI=1S/C16H22O3/c1-4-7-14(17)9-6-5-8-13-10-11-15(18-2)16(12-13)19-3/h6,9-12H,4-5,7-8H2,1-3H3. The van der Waals surface area contributed by atoms with Crippen LogP contribution in [-0.2, 0) is 11.2 Å². The highest BCUT2D eigenvalue weighted by atomic mass is 16.5. The molecule has 3 nitrogen and oxygen atoms in total. The van der Waals surface area contributed by atoms with Crippen molar-refractivity contribution in [1.82, 2.24) is 0 Å². The third kappa shape index (κ3) is 5.16. The van der Waals surface area contributed by atoms with Gasteiger partial charge in [0.2, 0.25) is 0 Å². The zero-order valence-electron chi connectivity index (χ0n) is 11.9. The molecule has 0 aliphatic heterocycles. The summed E-state index contributed by atoms with van der Waals surface area (Å²) in [5, 5.41) is 0. The lowest BCUT2D eigenvalue weighted by molar-refractivity contribution is -0.114. The van der Waals surface area contributed by atoms with E-state index >= 15 is 0 Å². The highest BCUT2D eigenvalue weighted by Gasteiger charge is 2.03. The Morgan fingerprint density at radius 3 is 2.58 bits per heavy atom.